The molecule has 3 aliphatic rings. The van der Waals surface area contributed by atoms with Crippen LogP contribution in [0.5, 0.6) is 0 Å². The quantitative estimate of drug-likeness (QED) is 0.594. The summed E-state index contributed by atoms with van der Waals surface area (Å²) in [6.45, 7) is 7.85. The Morgan fingerprint density at radius 2 is 1.96 bits per heavy atom. The van der Waals surface area contributed by atoms with Gasteiger partial charge in [-0.25, -0.2) is 0 Å². The van der Waals surface area contributed by atoms with E-state index in [1.54, 1.807) is 14.0 Å². The van der Waals surface area contributed by atoms with Crippen LogP contribution in [0.2, 0.25) is 0 Å². The standard InChI is InChI=1S/C21H33NO4/c1-11-6-9-15-14(10-11)8-7-12(2)21(15,4)19(25)16-18(24)17(13(3)23)22(5)20(16)26/h7-8,11-18,23-24H,6,9-10H2,1-5H3. The Bertz CT molecular complexity index is 615. The molecule has 0 aromatic carbocycles. The third-order valence-corrected chi connectivity index (χ3v) is 7.58. The first kappa shape index (κ1) is 19.6. The summed E-state index contributed by atoms with van der Waals surface area (Å²) in [5.41, 5.74) is -0.657. The first-order valence-electron chi connectivity index (χ1n) is 9.96. The monoisotopic (exact) mass is 363 g/mol. The molecule has 0 aromatic rings. The van der Waals surface area contributed by atoms with Gasteiger partial charge in [0, 0.05) is 12.5 Å². The fraction of sp³-hybridized carbons (Fsp3) is 0.810. The molecule has 1 heterocycles. The molecule has 0 radical (unpaired) electrons. The highest BCUT2D eigenvalue weighted by molar-refractivity contribution is 6.06. The number of fused-ring (bicyclic) bond motifs is 1. The van der Waals surface area contributed by atoms with Crippen molar-refractivity contribution in [2.45, 2.75) is 65.2 Å². The highest BCUT2D eigenvalue weighted by atomic mass is 16.3. The predicted octanol–water partition coefficient (Wildman–Crippen LogP) is 2.02. The maximum absolute atomic E-state index is 13.7. The maximum Gasteiger partial charge on any atom is 0.236 e. The van der Waals surface area contributed by atoms with Crippen molar-refractivity contribution >= 4 is 11.7 Å². The lowest BCUT2D eigenvalue weighted by Gasteiger charge is -2.50. The molecule has 3 rings (SSSR count). The molecule has 1 saturated heterocycles. The lowest BCUT2D eigenvalue weighted by Crippen LogP contribution is -2.52. The fourth-order valence-electron chi connectivity index (χ4n) is 5.79. The highest BCUT2D eigenvalue weighted by Gasteiger charge is 2.59. The second kappa shape index (κ2) is 6.75. The fourth-order valence-corrected chi connectivity index (χ4v) is 5.79. The molecule has 2 N–H and O–H groups in total. The summed E-state index contributed by atoms with van der Waals surface area (Å²) in [5.74, 6) is -0.328. The zero-order chi connectivity index (χ0) is 19.4. The Morgan fingerprint density at radius 1 is 1.31 bits per heavy atom. The number of likely N-dealkylation sites (tertiary alicyclic amines) is 1. The van der Waals surface area contributed by atoms with Crippen LogP contribution in [0.3, 0.4) is 0 Å². The smallest absolute Gasteiger partial charge is 0.236 e. The number of hydrogen-bond donors (Lipinski definition) is 2. The summed E-state index contributed by atoms with van der Waals surface area (Å²) in [7, 11) is 1.56. The van der Waals surface area contributed by atoms with Crippen molar-refractivity contribution in [3.8, 4) is 0 Å². The van der Waals surface area contributed by atoms with Gasteiger partial charge in [0.15, 0.2) is 5.78 Å². The van der Waals surface area contributed by atoms with Crippen molar-refractivity contribution in [1.82, 2.24) is 4.90 Å². The van der Waals surface area contributed by atoms with Crippen LogP contribution in [-0.2, 0) is 9.59 Å². The van der Waals surface area contributed by atoms with Crippen LogP contribution in [0.1, 0.15) is 47.0 Å². The Labute approximate surface area is 156 Å². The van der Waals surface area contributed by atoms with Crippen molar-refractivity contribution in [3.63, 3.8) is 0 Å². The van der Waals surface area contributed by atoms with Crippen molar-refractivity contribution in [2.75, 3.05) is 7.05 Å². The molecule has 1 aliphatic heterocycles. The number of ketones is 1. The predicted molar refractivity (Wildman–Crippen MR) is 99.1 cm³/mol. The molecule has 5 heteroatoms. The van der Waals surface area contributed by atoms with Crippen molar-refractivity contribution in [1.29, 1.82) is 0 Å². The number of allylic oxidation sites excluding steroid dienone is 2. The Kier molecular flexibility index (Phi) is 5.08. The number of rotatable bonds is 3. The van der Waals surface area contributed by atoms with Crippen LogP contribution < -0.4 is 0 Å². The zero-order valence-corrected chi connectivity index (χ0v) is 16.6. The molecular formula is C21H33NO4. The molecule has 5 nitrogen and oxygen atoms in total. The average molecular weight is 363 g/mol. The van der Waals surface area contributed by atoms with Gasteiger partial charge in [-0.1, -0.05) is 39.3 Å². The molecule has 2 fully saturated rings. The summed E-state index contributed by atoms with van der Waals surface area (Å²) in [6.07, 6.45) is 5.51. The molecule has 1 amide bonds. The molecule has 0 spiro atoms. The number of nitrogens with zero attached hydrogens (tertiary/aromatic N) is 1. The van der Waals surface area contributed by atoms with Gasteiger partial charge in [0.2, 0.25) is 5.91 Å². The van der Waals surface area contributed by atoms with E-state index in [-0.39, 0.29) is 23.5 Å². The van der Waals surface area contributed by atoms with E-state index in [1.165, 1.54) is 4.90 Å². The third-order valence-electron chi connectivity index (χ3n) is 7.58. The number of amides is 1. The second-order valence-electron chi connectivity index (χ2n) is 9.16. The highest BCUT2D eigenvalue weighted by Crippen LogP contribution is 2.53. The number of Topliss-reactive ketones (excluding diaryl/α,β-unsaturated/α-hetero) is 1. The second-order valence-corrected chi connectivity index (χ2v) is 9.16. The van der Waals surface area contributed by atoms with Crippen LogP contribution in [0.25, 0.3) is 0 Å². The SMILES string of the molecule is CC1CCC2C(C=CC(C)C2(C)C(=O)C2C(=O)N(C)C(C(C)O)C2O)C1. The first-order chi connectivity index (χ1) is 12.1. The Morgan fingerprint density at radius 3 is 2.54 bits per heavy atom. The molecule has 26 heavy (non-hydrogen) atoms. The molecule has 146 valence electrons. The summed E-state index contributed by atoms with van der Waals surface area (Å²) in [6, 6.07) is -0.725. The number of carbonyl (C=O) groups excluding carboxylic acids is 2. The number of likely N-dealkylation sites (N-methyl/N-ethyl adjacent to an activating group) is 1. The van der Waals surface area contributed by atoms with Gasteiger partial charge in [-0.2, -0.15) is 0 Å². The number of aliphatic hydroxyl groups is 2. The molecule has 1 saturated carbocycles. The number of aliphatic hydroxyl groups excluding tert-OH is 2. The average Bonchev–Trinajstić information content (AvgIpc) is 2.79. The first-order valence-corrected chi connectivity index (χ1v) is 9.96. The zero-order valence-electron chi connectivity index (χ0n) is 16.6. The lowest BCUT2D eigenvalue weighted by atomic mass is 9.52. The van der Waals surface area contributed by atoms with E-state index in [0.29, 0.717) is 11.8 Å². The van der Waals surface area contributed by atoms with E-state index >= 15 is 0 Å². The summed E-state index contributed by atoms with van der Waals surface area (Å²) in [5, 5.41) is 20.7. The van der Waals surface area contributed by atoms with Crippen molar-refractivity contribution in [3.05, 3.63) is 12.2 Å². The van der Waals surface area contributed by atoms with Gasteiger partial charge in [-0.05, 0) is 43.4 Å². The van der Waals surface area contributed by atoms with Crippen LogP contribution in [0.4, 0.5) is 0 Å². The van der Waals surface area contributed by atoms with E-state index in [1.807, 2.05) is 13.8 Å². The van der Waals surface area contributed by atoms with E-state index in [4.69, 9.17) is 0 Å². The molecule has 9 atom stereocenters. The number of carbonyl (C=O) groups is 2. The normalized spacial score (nSPS) is 47.0. The van der Waals surface area contributed by atoms with Crippen LogP contribution in [0.15, 0.2) is 12.2 Å². The number of hydrogen-bond acceptors (Lipinski definition) is 4. The minimum Gasteiger partial charge on any atom is -0.391 e. The lowest BCUT2D eigenvalue weighted by molar-refractivity contribution is -0.149. The Balaban J connectivity index is 1.95. The summed E-state index contributed by atoms with van der Waals surface area (Å²) >= 11 is 0. The molecule has 0 bridgehead atoms. The van der Waals surface area contributed by atoms with Gasteiger partial charge in [0.25, 0.3) is 0 Å². The minimum atomic E-state index is -1.16. The van der Waals surface area contributed by atoms with Gasteiger partial charge < -0.3 is 15.1 Å². The molecule has 9 unspecified atom stereocenters. The molecule has 2 aliphatic carbocycles. The van der Waals surface area contributed by atoms with E-state index < -0.39 is 29.6 Å². The van der Waals surface area contributed by atoms with E-state index in [9.17, 15) is 19.8 Å². The van der Waals surface area contributed by atoms with Gasteiger partial charge in [-0.3, -0.25) is 9.59 Å². The van der Waals surface area contributed by atoms with Gasteiger partial charge in [-0.15, -0.1) is 0 Å². The maximum atomic E-state index is 13.7. The van der Waals surface area contributed by atoms with E-state index in [0.717, 1.165) is 19.3 Å². The minimum absolute atomic E-state index is 0.0283. The van der Waals surface area contributed by atoms with E-state index in [2.05, 4.69) is 19.1 Å². The van der Waals surface area contributed by atoms with Gasteiger partial charge in [0.1, 0.15) is 5.92 Å². The van der Waals surface area contributed by atoms with Crippen LogP contribution in [-0.4, -0.2) is 52.1 Å². The van der Waals surface area contributed by atoms with Crippen LogP contribution in [0, 0.1) is 35.0 Å². The summed E-state index contributed by atoms with van der Waals surface area (Å²) in [4.78, 5) is 27.8. The van der Waals surface area contributed by atoms with Gasteiger partial charge >= 0.3 is 0 Å². The molecule has 0 aromatic heterocycles. The van der Waals surface area contributed by atoms with Crippen molar-refractivity contribution in [2.24, 2.45) is 35.0 Å². The molecular weight excluding hydrogens is 330 g/mol. The third kappa shape index (κ3) is 2.75. The Hall–Kier alpha value is -1.20. The van der Waals surface area contributed by atoms with Crippen molar-refractivity contribution < 1.29 is 19.8 Å². The van der Waals surface area contributed by atoms with Crippen LogP contribution >= 0.6 is 0 Å². The topological polar surface area (TPSA) is 77.8 Å². The summed E-state index contributed by atoms with van der Waals surface area (Å²) < 4.78 is 0. The largest absolute Gasteiger partial charge is 0.391 e. The van der Waals surface area contributed by atoms with Gasteiger partial charge in [0.05, 0.1) is 18.2 Å².